The van der Waals surface area contributed by atoms with Crippen molar-refractivity contribution in [2.24, 2.45) is 0 Å². The van der Waals surface area contributed by atoms with Crippen LogP contribution in [0.2, 0.25) is 0 Å². The highest BCUT2D eigenvalue weighted by Crippen LogP contribution is 2.25. The summed E-state index contributed by atoms with van der Waals surface area (Å²) in [5.74, 6) is 0.260. The molecule has 90 valence electrons. The van der Waals surface area contributed by atoms with Crippen LogP contribution in [0.3, 0.4) is 0 Å². The van der Waals surface area contributed by atoms with Crippen LogP contribution in [-0.2, 0) is 4.79 Å². The molecule has 0 radical (unpaired) electrons. The number of rotatable bonds is 1. The molecule has 1 N–H and O–H groups in total. The number of nitrogens with one attached hydrogen (secondary N) is 1. The fourth-order valence-electron chi connectivity index (χ4n) is 2.68. The molecule has 0 bridgehead atoms. The van der Waals surface area contributed by atoms with Crippen LogP contribution in [0, 0.1) is 0 Å². The molecule has 0 aliphatic carbocycles. The van der Waals surface area contributed by atoms with Gasteiger partial charge < -0.3 is 10.2 Å². The fourth-order valence-corrected chi connectivity index (χ4v) is 2.68. The van der Waals surface area contributed by atoms with Crippen LogP contribution >= 0.6 is 0 Å². The fraction of sp³-hybridized carbons (Fsp3) is 0.769. The Labute approximate surface area is 97.9 Å². The Kier molecular flexibility index (Phi) is 3.33. The molecule has 2 fully saturated rings. The lowest BCUT2D eigenvalue weighted by molar-refractivity contribution is -0.133. The summed E-state index contributed by atoms with van der Waals surface area (Å²) in [6.07, 6.45) is 3.55. The summed E-state index contributed by atoms with van der Waals surface area (Å²) in [5, 5.41) is 3.19. The molecule has 0 spiro atoms. The molecule has 0 aromatic heterocycles. The van der Waals surface area contributed by atoms with Crippen LogP contribution in [0.25, 0.3) is 0 Å². The van der Waals surface area contributed by atoms with Gasteiger partial charge >= 0.3 is 0 Å². The van der Waals surface area contributed by atoms with Crippen LogP contribution < -0.4 is 5.32 Å². The van der Waals surface area contributed by atoms with Crippen LogP contribution in [0.4, 0.5) is 0 Å². The van der Waals surface area contributed by atoms with Gasteiger partial charge in [0.1, 0.15) is 0 Å². The summed E-state index contributed by atoms with van der Waals surface area (Å²) in [6, 6.07) is 0.805. The van der Waals surface area contributed by atoms with Crippen molar-refractivity contribution >= 4 is 5.91 Å². The van der Waals surface area contributed by atoms with Crippen molar-refractivity contribution in [3.8, 4) is 0 Å². The first kappa shape index (κ1) is 11.6. The van der Waals surface area contributed by atoms with Crippen molar-refractivity contribution in [1.29, 1.82) is 0 Å². The van der Waals surface area contributed by atoms with Gasteiger partial charge in [-0.25, -0.2) is 0 Å². The number of carbonyl (C=O) groups excluding carboxylic acids is 1. The van der Waals surface area contributed by atoms with Crippen molar-refractivity contribution in [2.45, 2.75) is 52.1 Å². The lowest BCUT2D eigenvalue weighted by Crippen LogP contribution is -2.49. The van der Waals surface area contributed by atoms with Gasteiger partial charge in [0.15, 0.2) is 0 Å². The van der Waals surface area contributed by atoms with E-state index in [2.05, 4.69) is 24.1 Å². The number of hydrogen-bond acceptors (Lipinski definition) is 2. The molecule has 2 aliphatic heterocycles. The molecule has 2 unspecified atom stereocenters. The highest BCUT2D eigenvalue weighted by atomic mass is 16.2. The van der Waals surface area contributed by atoms with E-state index in [1.54, 1.807) is 0 Å². The molecule has 2 atom stereocenters. The molecule has 0 aromatic rings. The highest BCUT2D eigenvalue weighted by molar-refractivity contribution is 5.94. The van der Waals surface area contributed by atoms with Gasteiger partial charge in [0.05, 0.1) is 0 Å². The Balaban J connectivity index is 2.13. The molecule has 2 rings (SSSR count). The van der Waals surface area contributed by atoms with E-state index < -0.39 is 0 Å². The first-order valence-electron chi connectivity index (χ1n) is 6.33. The first-order valence-corrected chi connectivity index (χ1v) is 6.33. The minimum atomic E-state index is 0.260. The molecular formula is C13H22N2O. The van der Waals surface area contributed by atoms with Gasteiger partial charge in [0.2, 0.25) is 5.91 Å². The Bertz CT molecular complexity index is 306. The second-order valence-corrected chi connectivity index (χ2v) is 5.17. The van der Waals surface area contributed by atoms with Gasteiger partial charge in [-0.05, 0) is 45.6 Å². The zero-order valence-electron chi connectivity index (χ0n) is 10.5. The van der Waals surface area contributed by atoms with Crippen LogP contribution in [-0.4, -0.2) is 36.0 Å². The van der Waals surface area contributed by atoms with Gasteiger partial charge in [-0.15, -0.1) is 0 Å². The summed E-state index contributed by atoms with van der Waals surface area (Å²) in [4.78, 5) is 14.5. The van der Waals surface area contributed by atoms with Crippen LogP contribution in [0.15, 0.2) is 11.1 Å². The SMILES string of the molecule is CC(C(=O)N1C(C)CCCC1C)=C1CNC1. The third kappa shape index (κ3) is 2.01. The van der Waals surface area contributed by atoms with Gasteiger partial charge in [0, 0.05) is 30.7 Å². The van der Waals surface area contributed by atoms with Crippen molar-refractivity contribution in [1.82, 2.24) is 10.2 Å². The van der Waals surface area contributed by atoms with E-state index in [9.17, 15) is 4.79 Å². The normalized spacial score (nSPS) is 29.9. The minimum Gasteiger partial charge on any atom is -0.334 e. The lowest BCUT2D eigenvalue weighted by Gasteiger charge is -2.40. The number of nitrogens with zero attached hydrogens (tertiary/aromatic N) is 1. The number of likely N-dealkylation sites (tertiary alicyclic amines) is 1. The summed E-state index contributed by atoms with van der Waals surface area (Å²) >= 11 is 0. The van der Waals surface area contributed by atoms with Gasteiger partial charge in [-0.3, -0.25) is 4.79 Å². The standard InChI is InChI=1S/C13H22N2O/c1-9-5-4-6-10(2)15(9)13(16)11(3)12-7-14-8-12/h9-10,14H,4-8H2,1-3H3. The summed E-state index contributed by atoms with van der Waals surface area (Å²) < 4.78 is 0. The molecule has 1 amide bonds. The van der Waals surface area contributed by atoms with Crippen LogP contribution in [0.1, 0.15) is 40.0 Å². The van der Waals surface area contributed by atoms with Crippen molar-refractivity contribution < 1.29 is 4.79 Å². The third-order valence-corrected chi connectivity index (χ3v) is 3.96. The largest absolute Gasteiger partial charge is 0.334 e. The van der Waals surface area contributed by atoms with E-state index in [4.69, 9.17) is 0 Å². The second kappa shape index (κ2) is 4.58. The molecule has 2 aliphatic rings. The Morgan fingerprint density at radius 2 is 1.81 bits per heavy atom. The third-order valence-electron chi connectivity index (χ3n) is 3.96. The number of piperidine rings is 1. The molecule has 3 heteroatoms. The highest BCUT2D eigenvalue weighted by Gasteiger charge is 2.30. The van der Waals surface area contributed by atoms with Gasteiger partial charge in [-0.2, -0.15) is 0 Å². The predicted octanol–water partition coefficient (Wildman–Crippen LogP) is 1.70. The van der Waals surface area contributed by atoms with Gasteiger partial charge in [-0.1, -0.05) is 0 Å². The topological polar surface area (TPSA) is 32.3 Å². The molecule has 0 aromatic carbocycles. The minimum absolute atomic E-state index is 0.260. The Morgan fingerprint density at radius 1 is 1.25 bits per heavy atom. The molecule has 0 saturated carbocycles. The molecular weight excluding hydrogens is 200 g/mol. The number of hydrogen-bond donors (Lipinski definition) is 1. The van der Waals surface area contributed by atoms with E-state index in [1.165, 1.54) is 12.0 Å². The predicted molar refractivity (Wildman–Crippen MR) is 65.2 cm³/mol. The molecule has 2 saturated heterocycles. The van der Waals surface area contributed by atoms with E-state index >= 15 is 0 Å². The summed E-state index contributed by atoms with van der Waals surface area (Å²) in [5.41, 5.74) is 2.26. The van der Waals surface area contributed by atoms with Crippen molar-refractivity contribution in [2.75, 3.05) is 13.1 Å². The average Bonchev–Trinajstić information content (AvgIpc) is 2.14. The summed E-state index contributed by atoms with van der Waals surface area (Å²) in [7, 11) is 0. The van der Waals surface area contributed by atoms with E-state index in [1.807, 2.05) is 6.92 Å². The first-order chi connectivity index (χ1) is 7.61. The maximum Gasteiger partial charge on any atom is 0.250 e. The Hall–Kier alpha value is -0.830. The van der Waals surface area contributed by atoms with Crippen LogP contribution in [0.5, 0.6) is 0 Å². The Morgan fingerprint density at radius 3 is 2.25 bits per heavy atom. The average molecular weight is 222 g/mol. The van der Waals surface area contributed by atoms with E-state index in [0.29, 0.717) is 12.1 Å². The quantitative estimate of drug-likeness (QED) is 0.685. The monoisotopic (exact) mass is 222 g/mol. The zero-order chi connectivity index (χ0) is 11.7. The zero-order valence-corrected chi connectivity index (χ0v) is 10.5. The van der Waals surface area contributed by atoms with E-state index in [0.717, 1.165) is 31.5 Å². The van der Waals surface area contributed by atoms with Gasteiger partial charge in [0.25, 0.3) is 0 Å². The summed E-state index contributed by atoms with van der Waals surface area (Å²) in [6.45, 7) is 8.12. The maximum atomic E-state index is 12.4. The van der Waals surface area contributed by atoms with Crippen molar-refractivity contribution in [3.63, 3.8) is 0 Å². The lowest BCUT2D eigenvalue weighted by atomic mass is 9.95. The van der Waals surface area contributed by atoms with E-state index in [-0.39, 0.29) is 5.91 Å². The maximum absolute atomic E-state index is 12.4. The second-order valence-electron chi connectivity index (χ2n) is 5.17. The number of carbonyl (C=O) groups is 1. The van der Waals surface area contributed by atoms with Crippen molar-refractivity contribution in [3.05, 3.63) is 11.1 Å². The molecule has 16 heavy (non-hydrogen) atoms. The number of amides is 1. The smallest absolute Gasteiger partial charge is 0.250 e. The molecule has 3 nitrogen and oxygen atoms in total. The molecule has 2 heterocycles.